The van der Waals surface area contributed by atoms with E-state index in [4.69, 9.17) is 10.5 Å². The lowest BCUT2D eigenvalue weighted by Crippen LogP contribution is -2.44. The number of carbonyl (C=O) groups is 1. The lowest BCUT2D eigenvalue weighted by Gasteiger charge is -2.34. The van der Waals surface area contributed by atoms with Crippen LogP contribution in [0.5, 0.6) is 0 Å². The zero-order chi connectivity index (χ0) is 14.5. The molecule has 0 bridgehead atoms. The average Bonchev–Trinajstić information content (AvgIpc) is 2.44. The molecule has 20 heavy (non-hydrogen) atoms. The molecule has 1 aromatic carbocycles. The van der Waals surface area contributed by atoms with E-state index < -0.39 is 0 Å². The summed E-state index contributed by atoms with van der Waals surface area (Å²) < 4.78 is 5.22. The smallest absolute Gasteiger partial charge is 0.323 e. The first kappa shape index (κ1) is 14.9. The molecule has 0 saturated carbocycles. The van der Waals surface area contributed by atoms with Crippen LogP contribution in [0, 0.1) is 0 Å². The van der Waals surface area contributed by atoms with Crippen LogP contribution in [0.1, 0.15) is 37.8 Å². The van der Waals surface area contributed by atoms with Gasteiger partial charge in [0.05, 0.1) is 6.61 Å². The number of nitrogens with two attached hydrogens (primary N) is 1. The van der Waals surface area contributed by atoms with Crippen molar-refractivity contribution in [3.8, 4) is 0 Å². The molecule has 2 rings (SSSR count). The maximum atomic E-state index is 12.1. The van der Waals surface area contributed by atoms with Gasteiger partial charge in [-0.2, -0.15) is 0 Å². The highest BCUT2D eigenvalue weighted by Gasteiger charge is 2.29. The predicted octanol–water partition coefficient (Wildman–Crippen LogP) is 2.36. The molecular formula is C16H24N2O2. The molecule has 0 aliphatic carbocycles. The highest BCUT2D eigenvalue weighted by molar-refractivity contribution is 5.75. The van der Waals surface area contributed by atoms with Crippen molar-refractivity contribution in [3.05, 3.63) is 29.3 Å². The standard InChI is InChI=1S/C16H24N2O2/c1-3-5-15(16(19)20-4-2)18-9-8-12-6-7-14(17)10-13(12)11-18/h6-7,10,15H,3-5,8-9,11,17H2,1-2H3. The summed E-state index contributed by atoms with van der Waals surface area (Å²) in [7, 11) is 0. The molecule has 0 radical (unpaired) electrons. The second-order valence-corrected chi connectivity index (χ2v) is 5.31. The highest BCUT2D eigenvalue weighted by Crippen LogP contribution is 2.24. The molecule has 0 amide bonds. The summed E-state index contributed by atoms with van der Waals surface area (Å²) in [5.74, 6) is -0.0956. The van der Waals surface area contributed by atoms with Crippen LogP contribution in [0.25, 0.3) is 0 Å². The molecule has 4 nitrogen and oxygen atoms in total. The van der Waals surface area contributed by atoms with Gasteiger partial charge in [0, 0.05) is 18.8 Å². The fraction of sp³-hybridized carbons (Fsp3) is 0.562. The lowest BCUT2D eigenvalue weighted by molar-refractivity contribution is -0.150. The van der Waals surface area contributed by atoms with Crippen LogP contribution in [-0.4, -0.2) is 30.1 Å². The number of anilines is 1. The highest BCUT2D eigenvalue weighted by atomic mass is 16.5. The third-order valence-electron chi connectivity index (χ3n) is 3.83. The van der Waals surface area contributed by atoms with Gasteiger partial charge < -0.3 is 10.5 Å². The number of ether oxygens (including phenoxy) is 1. The molecule has 1 unspecified atom stereocenters. The number of hydrogen-bond donors (Lipinski definition) is 1. The molecule has 1 heterocycles. The number of benzene rings is 1. The van der Waals surface area contributed by atoms with Gasteiger partial charge in [0.1, 0.15) is 6.04 Å². The van der Waals surface area contributed by atoms with Gasteiger partial charge in [-0.05, 0) is 43.0 Å². The molecule has 0 spiro atoms. The van der Waals surface area contributed by atoms with E-state index in [1.54, 1.807) is 0 Å². The number of nitrogen functional groups attached to an aromatic ring is 1. The monoisotopic (exact) mass is 276 g/mol. The van der Waals surface area contributed by atoms with Crippen LogP contribution >= 0.6 is 0 Å². The summed E-state index contributed by atoms with van der Waals surface area (Å²) in [5, 5.41) is 0. The Labute approximate surface area is 120 Å². The maximum absolute atomic E-state index is 12.1. The van der Waals surface area contributed by atoms with Gasteiger partial charge in [0.15, 0.2) is 0 Å². The Kier molecular flexibility index (Phi) is 5.01. The summed E-state index contributed by atoms with van der Waals surface area (Å²) in [5.41, 5.74) is 9.23. The van der Waals surface area contributed by atoms with Crippen molar-refractivity contribution in [1.29, 1.82) is 0 Å². The average molecular weight is 276 g/mol. The van der Waals surface area contributed by atoms with E-state index in [1.165, 1.54) is 11.1 Å². The summed E-state index contributed by atoms with van der Waals surface area (Å²) in [6.07, 6.45) is 2.79. The molecule has 0 saturated heterocycles. The summed E-state index contributed by atoms with van der Waals surface area (Å²) in [4.78, 5) is 14.3. The topological polar surface area (TPSA) is 55.6 Å². The van der Waals surface area contributed by atoms with Crippen LogP contribution < -0.4 is 5.73 Å². The van der Waals surface area contributed by atoms with Crippen molar-refractivity contribution in [2.24, 2.45) is 0 Å². The van der Waals surface area contributed by atoms with Gasteiger partial charge in [-0.1, -0.05) is 19.4 Å². The van der Waals surface area contributed by atoms with Gasteiger partial charge in [-0.3, -0.25) is 9.69 Å². The van der Waals surface area contributed by atoms with Crippen LogP contribution in [0.4, 0.5) is 5.69 Å². The first-order valence-corrected chi connectivity index (χ1v) is 7.43. The van der Waals surface area contributed by atoms with Crippen LogP contribution in [0.2, 0.25) is 0 Å². The molecule has 0 fully saturated rings. The van der Waals surface area contributed by atoms with Gasteiger partial charge in [-0.15, -0.1) is 0 Å². The van der Waals surface area contributed by atoms with E-state index >= 15 is 0 Å². The Bertz CT molecular complexity index is 474. The molecule has 4 heteroatoms. The number of nitrogens with zero attached hydrogens (tertiary/aromatic N) is 1. The Morgan fingerprint density at radius 2 is 2.20 bits per heavy atom. The molecule has 0 aromatic heterocycles. The minimum atomic E-state index is -0.130. The number of rotatable bonds is 5. The molecule has 110 valence electrons. The zero-order valence-electron chi connectivity index (χ0n) is 12.4. The van der Waals surface area contributed by atoms with Gasteiger partial charge in [0.2, 0.25) is 0 Å². The molecule has 1 aliphatic rings. The molecule has 2 N–H and O–H groups in total. The number of esters is 1. The first-order valence-electron chi connectivity index (χ1n) is 7.43. The van der Waals surface area contributed by atoms with E-state index in [0.29, 0.717) is 6.61 Å². The fourth-order valence-corrected chi connectivity index (χ4v) is 2.83. The number of fused-ring (bicyclic) bond motifs is 1. The van der Waals surface area contributed by atoms with Crippen LogP contribution in [0.15, 0.2) is 18.2 Å². The van der Waals surface area contributed by atoms with E-state index in [-0.39, 0.29) is 12.0 Å². The van der Waals surface area contributed by atoms with Gasteiger partial charge in [0.25, 0.3) is 0 Å². The third kappa shape index (κ3) is 3.31. The van der Waals surface area contributed by atoms with Crippen LogP contribution in [0.3, 0.4) is 0 Å². The maximum Gasteiger partial charge on any atom is 0.323 e. The van der Waals surface area contributed by atoms with Crippen LogP contribution in [-0.2, 0) is 22.5 Å². The van der Waals surface area contributed by atoms with Crippen molar-refractivity contribution in [3.63, 3.8) is 0 Å². The Morgan fingerprint density at radius 3 is 2.90 bits per heavy atom. The first-order chi connectivity index (χ1) is 9.65. The quantitative estimate of drug-likeness (QED) is 0.662. The molecule has 1 atom stereocenters. The van der Waals surface area contributed by atoms with Crippen molar-refractivity contribution in [2.45, 2.75) is 45.7 Å². The van der Waals surface area contributed by atoms with Gasteiger partial charge >= 0.3 is 5.97 Å². The lowest BCUT2D eigenvalue weighted by atomic mass is 9.97. The van der Waals surface area contributed by atoms with E-state index in [9.17, 15) is 4.79 Å². The Morgan fingerprint density at radius 1 is 1.40 bits per heavy atom. The molecular weight excluding hydrogens is 252 g/mol. The van der Waals surface area contributed by atoms with E-state index in [0.717, 1.165) is 38.0 Å². The number of hydrogen-bond acceptors (Lipinski definition) is 4. The van der Waals surface area contributed by atoms with Crippen molar-refractivity contribution < 1.29 is 9.53 Å². The van der Waals surface area contributed by atoms with Crippen molar-refractivity contribution >= 4 is 11.7 Å². The Hall–Kier alpha value is -1.55. The largest absolute Gasteiger partial charge is 0.465 e. The minimum Gasteiger partial charge on any atom is -0.465 e. The normalized spacial score (nSPS) is 16.5. The van der Waals surface area contributed by atoms with Crippen molar-refractivity contribution in [2.75, 3.05) is 18.9 Å². The Balaban J connectivity index is 2.14. The summed E-state index contributed by atoms with van der Waals surface area (Å²) >= 11 is 0. The van der Waals surface area contributed by atoms with E-state index in [1.807, 2.05) is 19.1 Å². The van der Waals surface area contributed by atoms with Gasteiger partial charge in [-0.25, -0.2) is 0 Å². The minimum absolute atomic E-state index is 0.0956. The zero-order valence-corrected chi connectivity index (χ0v) is 12.4. The summed E-state index contributed by atoms with van der Waals surface area (Å²) in [6.45, 7) is 6.08. The fourth-order valence-electron chi connectivity index (χ4n) is 2.83. The second-order valence-electron chi connectivity index (χ2n) is 5.31. The van der Waals surface area contributed by atoms with E-state index in [2.05, 4.69) is 17.9 Å². The number of carbonyl (C=O) groups excluding carboxylic acids is 1. The predicted molar refractivity (Wildman–Crippen MR) is 80.3 cm³/mol. The SMILES string of the molecule is CCCC(C(=O)OCC)N1CCc2ccc(N)cc2C1. The second kappa shape index (κ2) is 6.75. The third-order valence-corrected chi connectivity index (χ3v) is 3.83. The molecule has 1 aliphatic heterocycles. The van der Waals surface area contributed by atoms with Crippen molar-refractivity contribution in [1.82, 2.24) is 4.90 Å². The summed E-state index contributed by atoms with van der Waals surface area (Å²) in [6, 6.07) is 5.94. The molecule has 1 aromatic rings.